The summed E-state index contributed by atoms with van der Waals surface area (Å²) >= 11 is 6.24. The van der Waals surface area contributed by atoms with Gasteiger partial charge in [0.1, 0.15) is 16.7 Å². The third kappa shape index (κ3) is 5.05. The second kappa shape index (κ2) is 8.50. The fourth-order valence-corrected chi connectivity index (χ4v) is 3.54. The van der Waals surface area contributed by atoms with E-state index in [-0.39, 0.29) is 17.6 Å². The van der Waals surface area contributed by atoms with E-state index in [9.17, 15) is 9.59 Å². The fourth-order valence-electron chi connectivity index (χ4n) is 2.50. The van der Waals surface area contributed by atoms with Crippen molar-refractivity contribution in [2.45, 2.75) is 20.5 Å². The van der Waals surface area contributed by atoms with Gasteiger partial charge in [-0.05, 0) is 29.3 Å². The van der Waals surface area contributed by atoms with Crippen LogP contribution < -0.4 is 10.1 Å². The van der Waals surface area contributed by atoms with E-state index in [1.165, 1.54) is 11.8 Å². The van der Waals surface area contributed by atoms with Gasteiger partial charge in [-0.3, -0.25) is 9.59 Å². The number of thioether (sulfide) groups is 1. The van der Waals surface area contributed by atoms with Gasteiger partial charge in [-0.2, -0.15) is 0 Å². The molecule has 0 aliphatic carbocycles. The zero-order valence-electron chi connectivity index (χ0n) is 15.0. The minimum absolute atomic E-state index is 0.00938. The SMILES string of the molecule is CC(C)C(=O)c1ccc(COc2ccc(C=C3SC(=S)NC3=O)cc2)cc1. The summed E-state index contributed by atoms with van der Waals surface area (Å²) in [4.78, 5) is 24.2. The van der Waals surface area contributed by atoms with Gasteiger partial charge in [0, 0.05) is 11.5 Å². The molecular weight excluding hydrogens is 378 g/mol. The lowest BCUT2D eigenvalue weighted by atomic mass is 10.0. The summed E-state index contributed by atoms with van der Waals surface area (Å²) in [6, 6.07) is 15.0. The van der Waals surface area contributed by atoms with Crippen molar-refractivity contribution in [3.63, 3.8) is 0 Å². The second-order valence-electron chi connectivity index (χ2n) is 6.43. The normalized spacial score (nSPS) is 15.3. The molecule has 138 valence electrons. The van der Waals surface area contributed by atoms with Gasteiger partial charge in [0.15, 0.2) is 5.78 Å². The van der Waals surface area contributed by atoms with Gasteiger partial charge in [0.2, 0.25) is 0 Å². The van der Waals surface area contributed by atoms with Crippen molar-refractivity contribution in [3.05, 3.63) is 70.1 Å². The topological polar surface area (TPSA) is 55.4 Å². The number of rotatable bonds is 6. The lowest BCUT2D eigenvalue weighted by Gasteiger charge is -2.08. The van der Waals surface area contributed by atoms with Crippen LogP contribution in [0.25, 0.3) is 6.08 Å². The van der Waals surface area contributed by atoms with Crippen LogP contribution in [0.15, 0.2) is 53.4 Å². The molecule has 1 aliphatic heterocycles. The molecule has 1 fully saturated rings. The van der Waals surface area contributed by atoms with E-state index in [0.29, 0.717) is 15.8 Å². The largest absolute Gasteiger partial charge is 0.489 e. The Morgan fingerprint density at radius 1 is 1.15 bits per heavy atom. The van der Waals surface area contributed by atoms with Crippen molar-refractivity contribution in [3.8, 4) is 5.75 Å². The first-order valence-corrected chi connectivity index (χ1v) is 9.76. The monoisotopic (exact) mass is 397 g/mol. The van der Waals surface area contributed by atoms with Gasteiger partial charge in [-0.25, -0.2) is 0 Å². The standard InChI is InChI=1S/C21H19NO3S2/c1-13(2)19(23)16-7-3-15(4-8-16)12-25-17-9-5-14(6-10-17)11-18-20(24)22-21(26)27-18/h3-11,13H,12H2,1-2H3,(H,22,24,26). The van der Waals surface area contributed by atoms with E-state index in [4.69, 9.17) is 17.0 Å². The van der Waals surface area contributed by atoms with Crippen LogP contribution in [0.4, 0.5) is 0 Å². The first-order valence-electron chi connectivity index (χ1n) is 8.53. The average molecular weight is 398 g/mol. The van der Waals surface area contributed by atoms with Gasteiger partial charge in [-0.15, -0.1) is 0 Å². The van der Waals surface area contributed by atoms with Gasteiger partial charge >= 0.3 is 0 Å². The number of hydrogen-bond acceptors (Lipinski definition) is 5. The van der Waals surface area contributed by atoms with Gasteiger partial charge < -0.3 is 10.1 Å². The molecule has 1 heterocycles. The zero-order chi connectivity index (χ0) is 19.4. The highest BCUT2D eigenvalue weighted by Gasteiger charge is 2.21. The van der Waals surface area contributed by atoms with E-state index in [2.05, 4.69) is 5.32 Å². The second-order valence-corrected chi connectivity index (χ2v) is 8.14. The predicted octanol–water partition coefficient (Wildman–Crippen LogP) is 4.59. The quantitative estimate of drug-likeness (QED) is 0.439. The summed E-state index contributed by atoms with van der Waals surface area (Å²) in [5.74, 6) is 0.704. The van der Waals surface area contributed by atoms with Gasteiger partial charge in [0.05, 0.1) is 4.91 Å². The van der Waals surface area contributed by atoms with Crippen LogP contribution in [-0.2, 0) is 11.4 Å². The Balaban J connectivity index is 1.59. The van der Waals surface area contributed by atoms with E-state index >= 15 is 0 Å². The number of amides is 1. The summed E-state index contributed by atoms with van der Waals surface area (Å²) in [5, 5.41) is 2.60. The molecule has 4 nitrogen and oxygen atoms in total. The third-order valence-corrected chi connectivity index (χ3v) is 5.15. The maximum absolute atomic E-state index is 12.0. The van der Waals surface area contributed by atoms with Crippen molar-refractivity contribution in [2.75, 3.05) is 0 Å². The minimum atomic E-state index is -0.162. The van der Waals surface area contributed by atoms with Crippen LogP contribution in [0.2, 0.25) is 0 Å². The van der Waals surface area contributed by atoms with Crippen LogP contribution in [0.3, 0.4) is 0 Å². The molecule has 27 heavy (non-hydrogen) atoms. The number of ketones is 1. The highest BCUT2D eigenvalue weighted by atomic mass is 32.2. The van der Waals surface area contributed by atoms with Crippen molar-refractivity contribution in [2.24, 2.45) is 5.92 Å². The summed E-state index contributed by atoms with van der Waals surface area (Å²) in [6.45, 7) is 4.21. The smallest absolute Gasteiger partial charge is 0.263 e. The van der Waals surface area contributed by atoms with Crippen molar-refractivity contribution < 1.29 is 14.3 Å². The number of carbonyl (C=O) groups is 2. The molecule has 0 bridgehead atoms. The number of Topliss-reactive ketones (excluding diaryl/α,β-unsaturated/α-hetero) is 1. The number of benzene rings is 2. The number of hydrogen-bond donors (Lipinski definition) is 1. The number of ether oxygens (including phenoxy) is 1. The predicted molar refractivity (Wildman–Crippen MR) is 113 cm³/mol. The molecule has 0 radical (unpaired) electrons. The highest BCUT2D eigenvalue weighted by Crippen LogP contribution is 2.26. The lowest BCUT2D eigenvalue weighted by Crippen LogP contribution is -2.17. The van der Waals surface area contributed by atoms with Crippen LogP contribution in [0.1, 0.15) is 35.3 Å². The van der Waals surface area contributed by atoms with E-state index in [1.54, 1.807) is 6.08 Å². The molecule has 1 aliphatic rings. The van der Waals surface area contributed by atoms with Crippen molar-refractivity contribution in [1.29, 1.82) is 0 Å². The van der Waals surface area contributed by atoms with Gasteiger partial charge in [0.25, 0.3) is 5.91 Å². The Morgan fingerprint density at radius 3 is 2.37 bits per heavy atom. The molecule has 1 saturated heterocycles. The number of carbonyl (C=O) groups excluding carboxylic acids is 2. The van der Waals surface area contributed by atoms with Crippen molar-refractivity contribution in [1.82, 2.24) is 5.32 Å². The lowest BCUT2D eigenvalue weighted by molar-refractivity contribution is -0.115. The maximum atomic E-state index is 12.0. The molecule has 2 aromatic carbocycles. The molecule has 2 aromatic rings. The molecule has 0 atom stereocenters. The molecule has 0 saturated carbocycles. The highest BCUT2D eigenvalue weighted by molar-refractivity contribution is 8.26. The van der Waals surface area contributed by atoms with Crippen LogP contribution in [0, 0.1) is 5.92 Å². The Labute approximate surface area is 168 Å². The molecule has 0 spiro atoms. The first-order chi connectivity index (χ1) is 12.9. The fraction of sp³-hybridized carbons (Fsp3) is 0.190. The maximum Gasteiger partial charge on any atom is 0.263 e. The van der Waals surface area contributed by atoms with E-state index < -0.39 is 0 Å². The molecule has 3 rings (SSSR count). The summed E-state index contributed by atoms with van der Waals surface area (Å²) in [6.07, 6.45) is 1.80. The van der Waals surface area contributed by atoms with Crippen molar-refractivity contribution >= 4 is 46.1 Å². The summed E-state index contributed by atoms with van der Waals surface area (Å²) in [5.41, 5.74) is 2.62. The van der Waals surface area contributed by atoms with E-state index in [1.807, 2.05) is 62.4 Å². The van der Waals surface area contributed by atoms with E-state index in [0.717, 1.165) is 22.4 Å². The Hall–Kier alpha value is -2.44. The minimum Gasteiger partial charge on any atom is -0.489 e. The zero-order valence-corrected chi connectivity index (χ0v) is 16.7. The Morgan fingerprint density at radius 2 is 1.81 bits per heavy atom. The molecule has 1 amide bonds. The number of nitrogens with one attached hydrogen (secondary N) is 1. The molecule has 0 unspecified atom stereocenters. The summed E-state index contributed by atoms with van der Waals surface area (Å²) < 4.78 is 6.27. The Kier molecular flexibility index (Phi) is 6.08. The molecule has 1 N–H and O–H groups in total. The summed E-state index contributed by atoms with van der Waals surface area (Å²) in [7, 11) is 0. The van der Waals surface area contributed by atoms with Gasteiger partial charge in [-0.1, -0.05) is 74.2 Å². The molecule has 6 heteroatoms. The first kappa shape index (κ1) is 19.3. The van der Waals surface area contributed by atoms with Crippen LogP contribution in [0.5, 0.6) is 5.75 Å². The number of thiocarbonyl (C=S) groups is 1. The molecule has 0 aromatic heterocycles. The van der Waals surface area contributed by atoms with Crippen LogP contribution in [-0.4, -0.2) is 16.0 Å². The van der Waals surface area contributed by atoms with Crippen LogP contribution >= 0.6 is 24.0 Å². The molecular formula is C21H19NO3S2. The Bertz CT molecular complexity index is 900. The third-order valence-electron chi connectivity index (χ3n) is 3.99. The average Bonchev–Trinajstić information content (AvgIpc) is 2.98.